The highest BCUT2D eigenvalue weighted by Gasteiger charge is 2.11. The van der Waals surface area contributed by atoms with Gasteiger partial charge in [0.05, 0.1) is 5.69 Å². The molecule has 0 aliphatic heterocycles. The molecule has 1 heterocycles. The minimum absolute atomic E-state index is 0.169. The number of nitrogens with one attached hydrogen (secondary N) is 1. The fraction of sp³-hybridized carbons (Fsp3) is 0.375. The van der Waals surface area contributed by atoms with Gasteiger partial charge in [0.1, 0.15) is 11.6 Å². The van der Waals surface area contributed by atoms with Gasteiger partial charge in [0, 0.05) is 18.7 Å². The zero-order chi connectivity index (χ0) is 16.8. The van der Waals surface area contributed by atoms with Crippen LogP contribution < -0.4 is 10.1 Å². The van der Waals surface area contributed by atoms with Gasteiger partial charge in [-0.2, -0.15) is 5.10 Å². The lowest BCUT2D eigenvalue weighted by Gasteiger charge is -2.10. The molecule has 0 bridgehead atoms. The van der Waals surface area contributed by atoms with Crippen LogP contribution in [-0.4, -0.2) is 22.3 Å². The molecule has 1 N–H and O–H groups in total. The molecule has 0 atom stereocenters. The number of ether oxygens (including phenoxy) is 1. The Hall–Kier alpha value is -2.44. The number of amides is 1. The van der Waals surface area contributed by atoms with Crippen LogP contribution in [0, 0.1) is 18.6 Å². The number of hydrogen-bond acceptors (Lipinski definition) is 3. The van der Waals surface area contributed by atoms with Crippen LogP contribution in [0.3, 0.4) is 0 Å². The summed E-state index contributed by atoms with van der Waals surface area (Å²) >= 11 is 0. The second-order valence-corrected chi connectivity index (χ2v) is 5.16. The Labute approximate surface area is 133 Å². The van der Waals surface area contributed by atoms with Crippen LogP contribution >= 0.6 is 0 Å². The van der Waals surface area contributed by atoms with E-state index in [1.165, 1.54) is 0 Å². The predicted octanol–water partition coefficient (Wildman–Crippen LogP) is 3.29. The smallest absolute Gasteiger partial charge is 0.263 e. The number of halogens is 2. The van der Waals surface area contributed by atoms with E-state index in [9.17, 15) is 13.6 Å². The highest BCUT2D eigenvalue weighted by molar-refractivity contribution is 5.91. The molecule has 2 aromatic rings. The Balaban J connectivity index is 1.94. The van der Waals surface area contributed by atoms with Crippen molar-refractivity contribution >= 4 is 11.7 Å². The molecule has 1 aromatic heterocycles. The molecule has 0 fully saturated rings. The van der Waals surface area contributed by atoms with Crippen molar-refractivity contribution in [1.29, 1.82) is 0 Å². The second-order valence-electron chi connectivity index (χ2n) is 5.16. The van der Waals surface area contributed by atoms with Gasteiger partial charge >= 0.3 is 0 Å². The lowest BCUT2D eigenvalue weighted by molar-refractivity contribution is -0.118. The number of carbonyl (C=O) groups is 1. The summed E-state index contributed by atoms with van der Waals surface area (Å²) in [5, 5.41) is 6.98. The van der Waals surface area contributed by atoms with Gasteiger partial charge < -0.3 is 10.1 Å². The van der Waals surface area contributed by atoms with Gasteiger partial charge in [-0.05, 0) is 25.5 Å². The minimum atomic E-state index is -0.846. The largest absolute Gasteiger partial charge is 0.481 e. The highest BCUT2D eigenvalue weighted by Crippen LogP contribution is 2.17. The van der Waals surface area contributed by atoms with Crippen molar-refractivity contribution in [2.45, 2.75) is 33.2 Å². The third-order valence-corrected chi connectivity index (χ3v) is 3.15. The van der Waals surface area contributed by atoms with E-state index in [4.69, 9.17) is 4.74 Å². The molecule has 0 aliphatic carbocycles. The van der Waals surface area contributed by atoms with E-state index in [0.29, 0.717) is 18.4 Å². The Morgan fingerprint density at radius 2 is 2.13 bits per heavy atom. The van der Waals surface area contributed by atoms with Crippen molar-refractivity contribution in [3.8, 4) is 5.75 Å². The summed E-state index contributed by atoms with van der Waals surface area (Å²) in [5.74, 6) is -1.58. The summed E-state index contributed by atoms with van der Waals surface area (Å²) in [5.41, 5.74) is 0.793. The summed E-state index contributed by atoms with van der Waals surface area (Å²) in [7, 11) is 0. The molecule has 1 aromatic carbocycles. The Kier molecular flexibility index (Phi) is 5.67. The van der Waals surface area contributed by atoms with Gasteiger partial charge in [0.2, 0.25) is 0 Å². The number of benzene rings is 1. The maximum atomic E-state index is 13.4. The molecule has 0 unspecified atom stereocenters. The predicted molar refractivity (Wildman–Crippen MR) is 82.4 cm³/mol. The van der Waals surface area contributed by atoms with Gasteiger partial charge in [0.25, 0.3) is 5.91 Å². The zero-order valence-corrected chi connectivity index (χ0v) is 13.1. The zero-order valence-electron chi connectivity index (χ0n) is 13.1. The van der Waals surface area contributed by atoms with Crippen molar-refractivity contribution in [3.63, 3.8) is 0 Å². The molecule has 5 nitrogen and oxygen atoms in total. The summed E-state index contributed by atoms with van der Waals surface area (Å²) in [4.78, 5) is 11.9. The number of nitrogens with zero attached hydrogens (tertiary/aromatic N) is 2. The SMILES string of the molecule is CCCCn1nc(C)cc1NC(=O)COc1ccc(F)cc1F. The van der Waals surface area contributed by atoms with E-state index in [-0.39, 0.29) is 12.4 Å². The number of hydrogen-bond donors (Lipinski definition) is 1. The van der Waals surface area contributed by atoms with Gasteiger partial charge in [0.15, 0.2) is 18.2 Å². The van der Waals surface area contributed by atoms with Crippen molar-refractivity contribution in [3.05, 3.63) is 41.6 Å². The molecule has 0 saturated carbocycles. The Morgan fingerprint density at radius 1 is 1.35 bits per heavy atom. The normalized spacial score (nSPS) is 10.6. The maximum Gasteiger partial charge on any atom is 0.263 e. The van der Waals surface area contributed by atoms with Crippen LogP contribution in [-0.2, 0) is 11.3 Å². The number of rotatable bonds is 7. The monoisotopic (exact) mass is 323 g/mol. The minimum Gasteiger partial charge on any atom is -0.481 e. The molecule has 1 amide bonds. The standard InChI is InChI=1S/C16H19F2N3O2/c1-3-4-7-21-15(8-11(2)20-21)19-16(22)10-23-14-6-5-12(17)9-13(14)18/h5-6,8-9H,3-4,7,10H2,1-2H3,(H,19,22). The molecule has 7 heteroatoms. The molecular formula is C16H19F2N3O2. The molecule has 23 heavy (non-hydrogen) atoms. The number of aryl methyl sites for hydroxylation is 2. The average molecular weight is 323 g/mol. The summed E-state index contributed by atoms with van der Waals surface area (Å²) < 4.78 is 33.0. The van der Waals surface area contributed by atoms with Crippen LogP contribution in [0.2, 0.25) is 0 Å². The van der Waals surface area contributed by atoms with Gasteiger partial charge in [-0.25, -0.2) is 13.5 Å². The molecule has 0 saturated heterocycles. The van der Waals surface area contributed by atoms with Crippen molar-refractivity contribution < 1.29 is 18.3 Å². The van der Waals surface area contributed by atoms with Crippen LogP contribution in [0.25, 0.3) is 0 Å². The number of aromatic nitrogens is 2. The molecular weight excluding hydrogens is 304 g/mol. The summed E-state index contributed by atoms with van der Waals surface area (Å²) in [6.07, 6.45) is 1.96. The number of unbranched alkanes of at least 4 members (excludes halogenated alkanes) is 1. The van der Waals surface area contributed by atoms with E-state index >= 15 is 0 Å². The Bertz CT molecular complexity index is 686. The van der Waals surface area contributed by atoms with Crippen LogP contribution in [0.4, 0.5) is 14.6 Å². The van der Waals surface area contributed by atoms with Gasteiger partial charge in [-0.3, -0.25) is 4.79 Å². The van der Waals surface area contributed by atoms with Gasteiger partial charge in [-0.15, -0.1) is 0 Å². The average Bonchev–Trinajstić information content (AvgIpc) is 2.83. The Morgan fingerprint density at radius 3 is 2.83 bits per heavy atom. The molecule has 124 valence electrons. The lowest BCUT2D eigenvalue weighted by Crippen LogP contribution is -2.22. The first-order valence-corrected chi connectivity index (χ1v) is 7.41. The quantitative estimate of drug-likeness (QED) is 0.850. The van der Waals surface area contributed by atoms with Crippen molar-refractivity contribution in [2.75, 3.05) is 11.9 Å². The second kappa shape index (κ2) is 7.71. The molecule has 0 aliphatic rings. The van der Waals surface area contributed by atoms with Crippen LogP contribution in [0.5, 0.6) is 5.75 Å². The first-order chi connectivity index (χ1) is 11.0. The maximum absolute atomic E-state index is 13.4. The summed E-state index contributed by atoms with van der Waals surface area (Å²) in [6, 6.07) is 4.68. The summed E-state index contributed by atoms with van der Waals surface area (Å²) in [6.45, 7) is 4.23. The van der Waals surface area contributed by atoms with E-state index in [2.05, 4.69) is 17.3 Å². The first kappa shape index (κ1) is 16.9. The fourth-order valence-corrected chi connectivity index (χ4v) is 2.04. The van der Waals surface area contributed by atoms with Crippen LogP contribution in [0.1, 0.15) is 25.5 Å². The number of carbonyl (C=O) groups excluding carboxylic acids is 1. The van der Waals surface area contributed by atoms with E-state index < -0.39 is 17.5 Å². The van der Waals surface area contributed by atoms with Crippen molar-refractivity contribution in [2.24, 2.45) is 0 Å². The molecule has 0 spiro atoms. The molecule has 2 rings (SSSR count). The van der Waals surface area contributed by atoms with Crippen LogP contribution in [0.15, 0.2) is 24.3 Å². The van der Waals surface area contributed by atoms with Gasteiger partial charge in [-0.1, -0.05) is 13.3 Å². The van der Waals surface area contributed by atoms with E-state index in [1.54, 1.807) is 10.7 Å². The molecule has 0 radical (unpaired) electrons. The number of anilines is 1. The highest BCUT2D eigenvalue weighted by atomic mass is 19.1. The third-order valence-electron chi connectivity index (χ3n) is 3.15. The van der Waals surface area contributed by atoms with E-state index in [0.717, 1.165) is 30.7 Å². The van der Waals surface area contributed by atoms with Crippen molar-refractivity contribution in [1.82, 2.24) is 9.78 Å². The lowest BCUT2D eigenvalue weighted by atomic mass is 10.3. The topological polar surface area (TPSA) is 56.2 Å². The fourth-order valence-electron chi connectivity index (χ4n) is 2.04. The van der Waals surface area contributed by atoms with E-state index in [1.807, 2.05) is 6.92 Å². The first-order valence-electron chi connectivity index (χ1n) is 7.41. The third kappa shape index (κ3) is 4.77.